The van der Waals surface area contributed by atoms with Crippen molar-refractivity contribution in [3.05, 3.63) is 62.3 Å². The van der Waals surface area contributed by atoms with Crippen LogP contribution in [-0.4, -0.2) is 45.3 Å². The van der Waals surface area contributed by atoms with Crippen molar-refractivity contribution < 1.29 is 0 Å². The van der Waals surface area contributed by atoms with Gasteiger partial charge in [-0.05, 0) is 19.1 Å². The number of nitrogens with one attached hydrogen (secondary N) is 2. The van der Waals surface area contributed by atoms with Crippen molar-refractivity contribution >= 4 is 28.7 Å². The summed E-state index contributed by atoms with van der Waals surface area (Å²) >= 11 is 6.46. The van der Waals surface area contributed by atoms with Gasteiger partial charge in [0, 0.05) is 32.7 Å². The third kappa shape index (κ3) is 3.14. The van der Waals surface area contributed by atoms with Crippen LogP contribution >= 0.6 is 11.6 Å². The number of para-hydroxylation sites is 1. The van der Waals surface area contributed by atoms with Crippen molar-refractivity contribution in [2.75, 3.05) is 31.1 Å². The first-order chi connectivity index (χ1) is 13.6. The van der Waals surface area contributed by atoms with Gasteiger partial charge in [-0.1, -0.05) is 35.9 Å². The van der Waals surface area contributed by atoms with E-state index in [1.165, 1.54) is 4.57 Å². The summed E-state index contributed by atoms with van der Waals surface area (Å²) in [5.41, 5.74) is 0.352. The number of aromatic nitrogens is 4. The molecule has 0 aliphatic carbocycles. The summed E-state index contributed by atoms with van der Waals surface area (Å²) in [6.45, 7) is 5.31. The molecule has 1 aliphatic rings. The normalized spacial score (nSPS) is 15.0. The van der Waals surface area contributed by atoms with Crippen molar-refractivity contribution in [2.45, 2.75) is 13.5 Å². The van der Waals surface area contributed by atoms with E-state index >= 15 is 0 Å². The molecule has 1 saturated heterocycles. The van der Waals surface area contributed by atoms with Crippen LogP contribution in [0.2, 0.25) is 5.02 Å². The third-order valence-corrected chi connectivity index (χ3v) is 5.11. The van der Waals surface area contributed by atoms with Crippen molar-refractivity contribution in [3.63, 3.8) is 0 Å². The van der Waals surface area contributed by atoms with E-state index in [4.69, 9.17) is 16.6 Å². The predicted molar refractivity (Wildman–Crippen MR) is 111 cm³/mol. The fraction of sp³-hybridized carbons (Fsp3) is 0.316. The Morgan fingerprint density at radius 1 is 1.21 bits per heavy atom. The summed E-state index contributed by atoms with van der Waals surface area (Å²) in [6, 6.07) is 7.31. The highest BCUT2D eigenvalue weighted by atomic mass is 35.5. The molecule has 0 bridgehead atoms. The van der Waals surface area contributed by atoms with Gasteiger partial charge >= 0.3 is 5.69 Å². The molecule has 1 aliphatic heterocycles. The zero-order valence-corrected chi connectivity index (χ0v) is 16.2. The molecule has 2 aromatic heterocycles. The zero-order chi connectivity index (χ0) is 19.7. The number of fused-ring (bicyclic) bond motifs is 1. The highest BCUT2D eigenvalue weighted by Crippen LogP contribution is 2.29. The minimum absolute atomic E-state index is 0.311. The van der Waals surface area contributed by atoms with Crippen LogP contribution in [0.25, 0.3) is 16.9 Å². The van der Waals surface area contributed by atoms with Gasteiger partial charge in [0.15, 0.2) is 11.2 Å². The largest absolute Gasteiger partial charge is 0.339 e. The van der Waals surface area contributed by atoms with Crippen LogP contribution in [0.4, 0.5) is 5.95 Å². The quantitative estimate of drug-likeness (QED) is 0.648. The second kappa shape index (κ2) is 7.65. The lowest BCUT2D eigenvalue weighted by molar-refractivity contribution is 0.578. The number of aromatic amines is 1. The minimum atomic E-state index is -0.481. The lowest BCUT2D eigenvalue weighted by Crippen LogP contribution is -2.44. The van der Waals surface area contributed by atoms with Gasteiger partial charge in [0.2, 0.25) is 5.95 Å². The number of benzene rings is 1. The lowest BCUT2D eigenvalue weighted by Gasteiger charge is -2.28. The Labute approximate surface area is 166 Å². The van der Waals surface area contributed by atoms with E-state index in [1.807, 2.05) is 37.3 Å². The molecule has 0 radical (unpaired) electrons. The van der Waals surface area contributed by atoms with E-state index in [0.717, 1.165) is 26.2 Å². The molecule has 4 rings (SSSR count). The average molecular weight is 401 g/mol. The van der Waals surface area contributed by atoms with Gasteiger partial charge in [0.25, 0.3) is 5.56 Å². The minimum Gasteiger partial charge on any atom is -0.339 e. The van der Waals surface area contributed by atoms with Crippen LogP contribution in [0.15, 0.2) is 46.0 Å². The second-order valence-corrected chi connectivity index (χ2v) is 6.95. The van der Waals surface area contributed by atoms with Crippen molar-refractivity contribution in [1.82, 2.24) is 24.4 Å². The Kier molecular flexibility index (Phi) is 5.06. The Hall–Kier alpha value is -2.84. The van der Waals surface area contributed by atoms with Crippen molar-refractivity contribution in [3.8, 4) is 5.69 Å². The topological polar surface area (TPSA) is 87.9 Å². The first-order valence-corrected chi connectivity index (χ1v) is 9.57. The summed E-state index contributed by atoms with van der Waals surface area (Å²) in [5.74, 6) is 0.606. The molecule has 9 heteroatoms. The molecule has 3 aromatic rings. The highest BCUT2D eigenvalue weighted by Gasteiger charge is 2.25. The summed E-state index contributed by atoms with van der Waals surface area (Å²) in [4.78, 5) is 34.5. The van der Waals surface area contributed by atoms with E-state index in [-0.39, 0.29) is 0 Å². The number of rotatable bonds is 4. The molecule has 2 N–H and O–H groups in total. The molecule has 28 heavy (non-hydrogen) atoms. The van der Waals surface area contributed by atoms with E-state index < -0.39 is 11.2 Å². The Bertz CT molecular complexity index is 1150. The van der Waals surface area contributed by atoms with E-state index in [2.05, 4.69) is 15.2 Å². The second-order valence-electron chi connectivity index (χ2n) is 6.55. The van der Waals surface area contributed by atoms with E-state index in [1.54, 1.807) is 10.6 Å². The maximum absolute atomic E-state index is 12.8. The number of anilines is 1. The standard InChI is InChI=1S/C19H21ClN6O2/c1-2-3-10-25-16-15(17(27)23-19(25)28)26(14-7-5-4-6-13(14)20)18(22-16)24-11-8-21-9-12-24/h2-7,21H,8-12H2,1H3,(H,23,27,28)/b3-2+. The van der Waals surface area contributed by atoms with Gasteiger partial charge in [0.1, 0.15) is 0 Å². The predicted octanol–water partition coefficient (Wildman–Crippen LogP) is 1.51. The van der Waals surface area contributed by atoms with Crippen LogP contribution in [0, 0.1) is 0 Å². The SMILES string of the molecule is C/C=C/Cn1c(=O)[nH]c(=O)c2c1nc(N1CCNCC1)n2-c1ccccc1Cl. The molecule has 0 saturated carbocycles. The number of hydrogen-bond acceptors (Lipinski definition) is 5. The van der Waals surface area contributed by atoms with Gasteiger partial charge in [-0.2, -0.15) is 4.98 Å². The van der Waals surface area contributed by atoms with E-state index in [0.29, 0.717) is 34.4 Å². The molecule has 0 amide bonds. The van der Waals surface area contributed by atoms with Crippen LogP contribution in [0.5, 0.6) is 0 Å². The monoisotopic (exact) mass is 400 g/mol. The molecular weight excluding hydrogens is 380 g/mol. The molecule has 0 unspecified atom stereocenters. The average Bonchev–Trinajstić information content (AvgIpc) is 3.09. The molecule has 0 atom stereocenters. The van der Waals surface area contributed by atoms with Gasteiger partial charge in [-0.25, -0.2) is 4.79 Å². The summed E-state index contributed by atoms with van der Waals surface area (Å²) < 4.78 is 3.23. The third-order valence-electron chi connectivity index (χ3n) is 4.79. The van der Waals surface area contributed by atoms with Gasteiger partial charge in [0.05, 0.1) is 10.7 Å². The molecule has 8 nitrogen and oxygen atoms in total. The summed E-state index contributed by atoms with van der Waals surface area (Å²) in [6.07, 6.45) is 3.70. The summed E-state index contributed by atoms with van der Waals surface area (Å²) in [7, 11) is 0. The Morgan fingerprint density at radius 3 is 2.68 bits per heavy atom. The molecule has 1 fully saturated rings. The van der Waals surface area contributed by atoms with Crippen LogP contribution in [0.1, 0.15) is 6.92 Å². The number of piperazine rings is 1. The number of nitrogens with zero attached hydrogens (tertiary/aromatic N) is 4. The lowest BCUT2D eigenvalue weighted by atomic mass is 10.3. The maximum atomic E-state index is 12.8. The first-order valence-electron chi connectivity index (χ1n) is 9.19. The Balaban J connectivity index is 2.08. The molecule has 0 spiro atoms. The van der Waals surface area contributed by atoms with Crippen molar-refractivity contribution in [1.29, 1.82) is 0 Å². The van der Waals surface area contributed by atoms with Gasteiger partial charge in [-0.15, -0.1) is 0 Å². The highest BCUT2D eigenvalue weighted by molar-refractivity contribution is 6.32. The fourth-order valence-electron chi connectivity index (χ4n) is 3.43. The van der Waals surface area contributed by atoms with Crippen molar-refractivity contribution in [2.24, 2.45) is 0 Å². The summed E-state index contributed by atoms with van der Waals surface area (Å²) in [5, 5.41) is 3.82. The molecular formula is C19H21ClN6O2. The van der Waals surface area contributed by atoms with Gasteiger partial charge in [-0.3, -0.25) is 18.9 Å². The van der Waals surface area contributed by atoms with Crippen LogP contribution in [0.3, 0.4) is 0 Å². The number of H-pyrrole nitrogens is 1. The maximum Gasteiger partial charge on any atom is 0.330 e. The molecule has 146 valence electrons. The van der Waals surface area contributed by atoms with Crippen LogP contribution in [-0.2, 0) is 6.54 Å². The zero-order valence-electron chi connectivity index (χ0n) is 15.5. The Morgan fingerprint density at radius 2 is 1.96 bits per heavy atom. The number of hydrogen-bond donors (Lipinski definition) is 2. The van der Waals surface area contributed by atoms with Crippen LogP contribution < -0.4 is 21.5 Å². The first kappa shape index (κ1) is 18.5. The number of allylic oxidation sites excluding steroid dienone is 2. The fourth-order valence-corrected chi connectivity index (χ4v) is 3.65. The number of halogens is 1. The van der Waals surface area contributed by atoms with Gasteiger partial charge < -0.3 is 10.2 Å². The molecule has 1 aromatic carbocycles. The van der Waals surface area contributed by atoms with E-state index in [9.17, 15) is 9.59 Å². The molecule has 3 heterocycles. The number of imidazole rings is 1. The smallest absolute Gasteiger partial charge is 0.330 e.